The second kappa shape index (κ2) is 10.5. The Hall–Kier alpha value is -4.11. The van der Waals surface area contributed by atoms with Crippen molar-refractivity contribution in [1.29, 1.82) is 0 Å². The molecular formula is C24H19FN4O3S. The van der Waals surface area contributed by atoms with Crippen LogP contribution in [0.1, 0.15) is 30.7 Å². The summed E-state index contributed by atoms with van der Waals surface area (Å²) in [5, 5.41) is 14.2. The molecule has 0 aliphatic heterocycles. The number of para-hydroxylation sites is 1. The number of benzene rings is 3. The summed E-state index contributed by atoms with van der Waals surface area (Å²) in [5.74, 6) is -0.373. The quantitative estimate of drug-likeness (QED) is 0.404. The standard InChI is InChI=1S/C24H19FN4O3S/c25-18-11-9-16(10-12-18)14-26-22(30)17-5-4-6-19(13-17)27-23(31)24-29-28-21(33-24)15-32-20-7-2-1-3-8-20/h1-13H,14-15H2,(H,26,30)(H,27,31). The Labute approximate surface area is 193 Å². The summed E-state index contributed by atoms with van der Waals surface area (Å²) in [6, 6.07) is 21.7. The van der Waals surface area contributed by atoms with Gasteiger partial charge < -0.3 is 15.4 Å². The summed E-state index contributed by atoms with van der Waals surface area (Å²) in [5.41, 5.74) is 1.60. The highest BCUT2D eigenvalue weighted by Crippen LogP contribution is 2.17. The molecule has 0 saturated carbocycles. The second-order valence-corrected chi connectivity index (χ2v) is 8.01. The van der Waals surface area contributed by atoms with Crippen molar-refractivity contribution < 1.29 is 18.7 Å². The Balaban J connectivity index is 1.33. The van der Waals surface area contributed by atoms with Gasteiger partial charge in [-0.2, -0.15) is 0 Å². The Morgan fingerprint density at radius 1 is 0.909 bits per heavy atom. The van der Waals surface area contributed by atoms with Gasteiger partial charge in [0.05, 0.1) is 0 Å². The first-order valence-corrected chi connectivity index (χ1v) is 10.8. The summed E-state index contributed by atoms with van der Waals surface area (Å²) in [6.45, 7) is 0.465. The molecule has 9 heteroatoms. The van der Waals surface area contributed by atoms with Gasteiger partial charge in [-0.3, -0.25) is 9.59 Å². The molecule has 1 heterocycles. The Bertz CT molecular complexity index is 1250. The molecule has 0 radical (unpaired) electrons. The molecule has 166 valence electrons. The minimum Gasteiger partial charge on any atom is -0.486 e. The minimum absolute atomic E-state index is 0.188. The minimum atomic E-state index is -0.428. The van der Waals surface area contributed by atoms with Gasteiger partial charge in [-0.15, -0.1) is 10.2 Å². The number of amides is 2. The number of carbonyl (C=O) groups excluding carboxylic acids is 2. The molecule has 0 unspecified atom stereocenters. The average Bonchev–Trinajstić information content (AvgIpc) is 3.32. The number of carbonyl (C=O) groups is 2. The molecule has 4 rings (SSSR count). The van der Waals surface area contributed by atoms with Crippen LogP contribution in [0, 0.1) is 5.82 Å². The molecule has 33 heavy (non-hydrogen) atoms. The molecular weight excluding hydrogens is 443 g/mol. The third-order valence-corrected chi connectivity index (χ3v) is 5.41. The van der Waals surface area contributed by atoms with E-state index in [2.05, 4.69) is 20.8 Å². The summed E-state index contributed by atoms with van der Waals surface area (Å²) < 4.78 is 18.6. The van der Waals surface area contributed by atoms with Gasteiger partial charge in [0.25, 0.3) is 11.8 Å². The fraction of sp³-hybridized carbons (Fsp3) is 0.0833. The van der Waals surface area contributed by atoms with E-state index in [1.54, 1.807) is 36.4 Å². The molecule has 0 spiro atoms. The molecule has 1 aromatic heterocycles. The Morgan fingerprint density at radius 2 is 1.70 bits per heavy atom. The van der Waals surface area contributed by atoms with Gasteiger partial charge in [0.1, 0.15) is 18.2 Å². The fourth-order valence-corrected chi connectivity index (χ4v) is 3.52. The monoisotopic (exact) mass is 462 g/mol. The van der Waals surface area contributed by atoms with Crippen LogP contribution in [0.15, 0.2) is 78.9 Å². The predicted molar refractivity (Wildman–Crippen MR) is 123 cm³/mol. The van der Waals surface area contributed by atoms with Crippen LogP contribution in [0.5, 0.6) is 5.75 Å². The van der Waals surface area contributed by atoms with Gasteiger partial charge >= 0.3 is 0 Å². The average molecular weight is 463 g/mol. The maximum absolute atomic E-state index is 13.0. The number of aromatic nitrogens is 2. The number of ether oxygens (including phenoxy) is 1. The lowest BCUT2D eigenvalue weighted by atomic mass is 10.1. The number of hydrogen-bond acceptors (Lipinski definition) is 6. The third-order valence-electron chi connectivity index (χ3n) is 4.52. The molecule has 0 saturated heterocycles. The van der Waals surface area contributed by atoms with Crippen molar-refractivity contribution in [2.75, 3.05) is 5.32 Å². The molecule has 0 bridgehead atoms. The van der Waals surface area contributed by atoms with Crippen LogP contribution >= 0.6 is 11.3 Å². The smallest absolute Gasteiger partial charge is 0.286 e. The maximum atomic E-state index is 13.0. The fourth-order valence-electron chi connectivity index (χ4n) is 2.87. The van der Waals surface area contributed by atoms with Gasteiger partial charge in [0.15, 0.2) is 5.01 Å². The van der Waals surface area contributed by atoms with Crippen LogP contribution in [-0.2, 0) is 13.2 Å². The SMILES string of the molecule is O=C(NCc1ccc(F)cc1)c1cccc(NC(=O)c2nnc(COc3ccccc3)s2)c1. The highest BCUT2D eigenvalue weighted by Gasteiger charge is 2.14. The van der Waals surface area contributed by atoms with Crippen molar-refractivity contribution in [2.24, 2.45) is 0 Å². The highest BCUT2D eigenvalue weighted by atomic mass is 32.1. The van der Waals surface area contributed by atoms with Crippen molar-refractivity contribution in [1.82, 2.24) is 15.5 Å². The van der Waals surface area contributed by atoms with Gasteiger partial charge in [-0.1, -0.05) is 47.7 Å². The van der Waals surface area contributed by atoms with E-state index < -0.39 is 5.91 Å². The third kappa shape index (κ3) is 6.20. The molecule has 3 aromatic carbocycles. The lowest BCUT2D eigenvalue weighted by molar-refractivity contribution is 0.0949. The number of hydrogen-bond donors (Lipinski definition) is 2. The summed E-state index contributed by atoms with van der Waals surface area (Å²) in [7, 11) is 0. The van der Waals surface area contributed by atoms with E-state index in [0.717, 1.165) is 16.9 Å². The zero-order valence-electron chi connectivity index (χ0n) is 17.3. The molecule has 0 fully saturated rings. The largest absolute Gasteiger partial charge is 0.486 e. The van der Waals surface area contributed by atoms with Crippen LogP contribution in [0.4, 0.5) is 10.1 Å². The highest BCUT2D eigenvalue weighted by molar-refractivity contribution is 7.13. The number of nitrogens with one attached hydrogen (secondary N) is 2. The van der Waals surface area contributed by atoms with Crippen molar-refractivity contribution in [2.45, 2.75) is 13.2 Å². The zero-order chi connectivity index (χ0) is 23.0. The van der Waals surface area contributed by atoms with Crippen molar-refractivity contribution in [3.05, 3.63) is 106 Å². The van der Waals surface area contributed by atoms with E-state index >= 15 is 0 Å². The normalized spacial score (nSPS) is 10.5. The van der Waals surface area contributed by atoms with Crippen molar-refractivity contribution >= 4 is 28.8 Å². The van der Waals surface area contributed by atoms with E-state index in [1.807, 2.05) is 30.3 Å². The summed E-state index contributed by atoms with van der Waals surface area (Å²) in [4.78, 5) is 25.0. The number of anilines is 1. The first-order chi connectivity index (χ1) is 16.1. The van der Waals surface area contributed by atoms with Crippen molar-refractivity contribution in [3.63, 3.8) is 0 Å². The van der Waals surface area contributed by atoms with Gasteiger partial charge in [0.2, 0.25) is 5.01 Å². The lowest BCUT2D eigenvalue weighted by Crippen LogP contribution is -2.23. The van der Waals surface area contributed by atoms with Crippen LogP contribution in [0.3, 0.4) is 0 Å². The van der Waals surface area contributed by atoms with Gasteiger partial charge in [-0.05, 0) is 48.0 Å². The van der Waals surface area contributed by atoms with E-state index in [-0.39, 0.29) is 29.9 Å². The first-order valence-electron chi connectivity index (χ1n) is 10.0. The van der Waals surface area contributed by atoms with Gasteiger partial charge in [-0.25, -0.2) is 4.39 Å². The summed E-state index contributed by atoms with van der Waals surface area (Å²) in [6.07, 6.45) is 0. The van der Waals surface area contributed by atoms with Crippen LogP contribution in [0.2, 0.25) is 0 Å². The Kier molecular flexibility index (Phi) is 7.01. The molecule has 0 aliphatic carbocycles. The van der Waals surface area contributed by atoms with E-state index in [4.69, 9.17) is 4.74 Å². The van der Waals surface area contributed by atoms with Crippen LogP contribution in [0.25, 0.3) is 0 Å². The number of rotatable bonds is 8. The van der Waals surface area contributed by atoms with Crippen LogP contribution < -0.4 is 15.4 Å². The van der Waals surface area contributed by atoms with Crippen LogP contribution in [-0.4, -0.2) is 22.0 Å². The predicted octanol–water partition coefficient (Wildman–Crippen LogP) is 4.44. The Morgan fingerprint density at radius 3 is 2.48 bits per heavy atom. The molecule has 2 amide bonds. The molecule has 0 atom stereocenters. The molecule has 0 aliphatic rings. The first kappa shape index (κ1) is 22.1. The van der Waals surface area contributed by atoms with Gasteiger partial charge in [0, 0.05) is 17.8 Å². The van der Waals surface area contributed by atoms with E-state index in [9.17, 15) is 14.0 Å². The molecule has 4 aromatic rings. The zero-order valence-corrected chi connectivity index (χ0v) is 18.1. The van der Waals surface area contributed by atoms with E-state index in [0.29, 0.717) is 22.0 Å². The lowest BCUT2D eigenvalue weighted by Gasteiger charge is -2.08. The number of halogens is 1. The van der Waals surface area contributed by atoms with E-state index in [1.165, 1.54) is 12.1 Å². The van der Waals surface area contributed by atoms with Crippen molar-refractivity contribution in [3.8, 4) is 5.75 Å². The summed E-state index contributed by atoms with van der Waals surface area (Å²) >= 11 is 1.13. The second-order valence-electron chi connectivity index (χ2n) is 6.95. The topological polar surface area (TPSA) is 93.2 Å². The molecule has 7 nitrogen and oxygen atoms in total. The molecule has 2 N–H and O–H groups in total. The maximum Gasteiger partial charge on any atom is 0.286 e. The number of nitrogens with zero attached hydrogens (tertiary/aromatic N) is 2.